The predicted molar refractivity (Wildman–Crippen MR) is 95.4 cm³/mol. The number of hydrogen-bond donors (Lipinski definition) is 1. The molecule has 0 spiro atoms. The van der Waals surface area contributed by atoms with E-state index in [0.717, 1.165) is 44.3 Å². The molecule has 1 aromatic heterocycles. The van der Waals surface area contributed by atoms with Gasteiger partial charge in [0.15, 0.2) is 0 Å². The second kappa shape index (κ2) is 6.07. The SMILES string of the molecule is O=C(C1CCC1)N1CC2CCC(C1)N(C(=O)c1ccc3n[nH]nc3c1)C2. The highest BCUT2D eigenvalue weighted by Gasteiger charge is 2.40. The van der Waals surface area contributed by atoms with E-state index in [0.29, 0.717) is 29.4 Å². The van der Waals surface area contributed by atoms with Crippen molar-refractivity contribution in [2.45, 2.75) is 38.1 Å². The van der Waals surface area contributed by atoms with E-state index in [4.69, 9.17) is 0 Å². The van der Waals surface area contributed by atoms with Gasteiger partial charge in [0.1, 0.15) is 11.0 Å². The van der Waals surface area contributed by atoms with Gasteiger partial charge in [0.25, 0.3) is 5.91 Å². The molecule has 0 radical (unpaired) electrons. The molecular formula is C19H23N5O2. The summed E-state index contributed by atoms with van der Waals surface area (Å²) in [7, 11) is 0. The van der Waals surface area contributed by atoms with Crippen molar-refractivity contribution in [1.82, 2.24) is 25.2 Å². The molecule has 7 heteroatoms. The van der Waals surface area contributed by atoms with E-state index in [1.165, 1.54) is 6.42 Å². The minimum atomic E-state index is 0.0440. The summed E-state index contributed by atoms with van der Waals surface area (Å²) in [5, 5.41) is 10.7. The summed E-state index contributed by atoms with van der Waals surface area (Å²) in [4.78, 5) is 29.9. The average Bonchev–Trinajstić information content (AvgIpc) is 2.88. The third-order valence-electron chi connectivity index (χ3n) is 6.30. The first-order valence-corrected chi connectivity index (χ1v) is 9.59. The van der Waals surface area contributed by atoms with Crippen molar-refractivity contribution in [2.24, 2.45) is 11.8 Å². The Morgan fingerprint density at radius 2 is 1.85 bits per heavy atom. The van der Waals surface area contributed by atoms with Crippen LogP contribution in [0.5, 0.6) is 0 Å². The van der Waals surface area contributed by atoms with Crippen molar-refractivity contribution in [3.63, 3.8) is 0 Å². The van der Waals surface area contributed by atoms with Crippen LogP contribution in [0.3, 0.4) is 0 Å². The second-order valence-corrected chi connectivity index (χ2v) is 7.95. The lowest BCUT2D eigenvalue weighted by Crippen LogP contribution is -2.48. The summed E-state index contributed by atoms with van der Waals surface area (Å²) in [6, 6.07) is 5.58. The largest absolute Gasteiger partial charge is 0.340 e. The van der Waals surface area contributed by atoms with Crippen molar-refractivity contribution in [3.8, 4) is 0 Å². The molecule has 4 aliphatic rings. The number of fused-ring (bicyclic) bond motifs is 5. The number of H-pyrrole nitrogens is 1. The molecule has 1 N–H and O–H groups in total. The summed E-state index contributed by atoms with van der Waals surface area (Å²) in [5.74, 6) is 0.970. The maximum Gasteiger partial charge on any atom is 0.254 e. The third kappa shape index (κ3) is 2.57. The van der Waals surface area contributed by atoms with Crippen LogP contribution >= 0.6 is 0 Å². The highest BCUT2D eigenvalue weighted by atomic mass is 16.2. The fourth-order valence-corrected chi connectivity index (χ4v) is 4.56. The predicted octanol–water partition coefficient (Wildman–Crippen LogP) is 1.82. The number of carbonyl (C=O) groups excluding carboxylic acids is 2. The summed E-state index contributed by atoms with van der Waals surface area (Å²) in [5.41, 5.74) is 2.12. The minimum Gasteiger partial charge on any atom is -0.340 e. The lowest BCUT2D eigenvalue weighted by Gasteiger charge is -2.36. The highest BCUT2D eigenvalue weighted by molar-refractivity contribution is 5.97. The van der Waals surface area contributed by atoms with Gasteiger partial charge in [-0.15, -0.1) is 0 Å². The first kappa shape index (κ1) is 15.8. The number of aromatic amines is 1. The fourth-order valence-electron chi connectivity index (χ4n) is 4.56. The van der Waals surface area contributed by atoms with E-state index >= 15 is 0 Å². The Labute approximate surface area is 151 Å². The van der Waals surface area contributed by atoms with Crippen LogP contribution in [0, 0.1) is 11.8 Å². The van der Waals surface area contributed by atoms with Gasteiger partial charge in [-0.25, -0.2) is 0 Å². The van der Waals surface area contributed by atoms with Crippen molar-refractivity contribution < 1.29 is 9.59 Å². The standard InChI is InChI=1S/C19H23N5O2/c25-18(13-2-1-3-13)23-9-12-4-6-15(11-23)24(10-12)19(26)14-5-7-16-17(8-14)21-22-20-16/h5,7-8,12-13,15H,1-4,6,9-11H2,(H,20,21,22). The first-order chi connectivity index (χ1) is 12.7. The number of piperidine rings is 1. The lowest BCUT2D eigenvalue weighted by atomic mass is 9.84. The smallest absolute Gasteiger partial charge is 0.254 e. The number of nitrogens with zero attached hydrogens (tertiary/aromatic N) is 4. The molecule has 1 aromatic carbocycles. The van der Waals surface area contributed by atoms with E-state index in [9.17, 15) is 9.59 Å². The fraction of sp³-hybridized carbons (Fsp3) is 0.579. The zero-order chi connectivity index (χ0) is 17.7. The Morgan fingerprint density at radius 1 is 1.00 bits per heavy atom. The Morgan fingerprint density at radius 3 is 2.65 bits per heavy atom. The third-order valence-corrected chi connectivity index (χ3v) is 6.30. The molecule has 2 bridgehead atoms. The van der Waals surface area contributed by atoms with Crippen LogP contribution in [-0.2, 0) is 4.79 Å². The van der Waals surface area contributed by atoms with E-state index in [2.05, 4.69) is 15.4 Å². The van der Waals surface area contributed by atoms with Gasteiger partial charge in [-0.2, -0.15) is 15.4 Å². The number of rotatable bonds is 2. The minimum absolute atomic E-state index is 0.0440. The zero-order valence-electron chi connectivity index (χ0n) is 14.7. The molecule has 2 amide bonds. The molecule has 3 aliphatic heterocycles. The van der Waals surface area contributed by atoms with E-state index in [1.807, 2.05) is 21.9 Å². The van der Waals surface area contributed by atoms with Gasteiger partial charge in [0.2, 0.25) is 5.91 Å². The Bertz CT molecular complexity index is 858. The summed E-state index contributed by atoms with van der Waals surface area (Å²) >= 11 is 0. The molecule has 136 valence electrons. The molecule has 2 atom stereocenters. The van der Waals surface area contributed by atoms with Gasteiger partial charge in [-0.1, -0.05) is 6.42 Å². The van der Waals surface area contributed by atoms with Gasteiger partial charge < -0.3 is 9.80 Å². The zero-order valence-corrected chi connectivity index (χ0v) is 14.7. The molecule has 4 heterocycles. The lowest BCUT2D eigenvalue weighted by molar-refractivity contribution is -0.138. The van der Waals surface area contributed by atoms with Crippen molar-refractivity contribution in [3.05, 3.63) is 23.8 Å². The van der Waals surface area contributed by atoms with Gasteiger partial charge in [-0.05, 0) is 49.8 Å². The molecule has 2 unspecified atom stereocenters. The maximum absolute atomic E-state index is 13.1. The monoisotopic (exact) mass is 353 g/mol. The maximum atomic E-state index is 13.1. The summed E-state index contributed by atoms with van der Waals surface area (Å²) < 4.78 is 0. The van der Waals surface area contributed by atoms with E-state index < -0.39 is 0 Å². The summed E-state index contributed by atoms with van der Waals surface area (Å²) in [6.45, 7) is 2.23. The van der Waals surface area contributed by atoms with Crippen LogP contribution in [0.25, 0.3) is 11.0 Å². The normalized spacial score (nSPS) is 26.0. The molecule has 1 aliphatic carbocycles. The number of hydrogen-bond acceptors (Lipinski definition) is 4. The van der Waals surface area contributed by atoms with E-state index in [-0.39, 0.29) is 17.9 Å². The van der Waals surface area contributed by atoms with Crippen LogP contribution < -0.4 is 0 Å². The number of carbonyl (C=O) groups is 2. The number of nitrogens with one attached hydrogen (secondary N) is 1. The topological polar surface area (TPSA) is 82.2 Å². The van der Waals surface area contributed by atoms with Crippen molar-refractivity contribution in [2.75, 3.05) is 19.6 Å². The quantitative estimate of drug-likeness (QED) is 0.893. The molecule has 4 fully saturated rings. The van der Waals surface area contributed by atoms with Crippen LogP contribution in [0.15, 0.2) is 18.2 Å². The molecule has 3 saturated heterocycles. The van der Waals surface area contributed by atoms with Crippen molar-refractivity contribution >= 4 is 22.8 Å². The molecule has 26 heavy (non-hydrogen) atoms. The van der Waals surface area contributed by atoms with Crippen molar-refractivity contribution in [1.29, 1.82) is 0 Å². The number of amides is 2. The van der Waals surface area contributed by atoms with Gasteiger partial charge >= 0.3 is 0 Å². The molecular weight excluding hydrogens is 330 g/mol. The Hall–Kier alpha value is -2.44. The number of aromatic nitrogens is 3. The molecule has 7 nitrogen and oxygen atoms in total. The van der Waals surface area contributed by atoms with Gasteiger partial charge in [0, 0.05) is 37.2 Å². The van der Waals surface area contributed by atoms with Crippen LogP contribution in [0.4, 0.5) is 0 Å². The second-order valence-electron chi connectivity index (χ2n) is 7.95. The molecule has 2 aromatic rings. The van der Waals surface area contributed by atoms with Gasteiger partial charge in [-0.3, -0.25) is 9.59 Å². The van der Waals surface area contributed by atoms with Gasteiger partial charge in [0.05, 0.1) is 0 Å². The molecule has 1 saturated carbocycles. The van der Waals surface area contributed by atoms with Crippen LogP contribution in [0.1, 0.15) is 42.5 Å². The van der Waals surface area contributed by atoms with Crippen LogP contribution in [0.2, 0.25) is 0 Å². The van der Waals surface area contributed by atoms with E-state index in [1.54, 1.807) is 6.07 Å². The number of benzene rings is 1. The average molecular weight is 353 g/mol. The Balaban J connectivity index is 1.37. The summed E-state index contributed by atoms with van der Waals surface area (Å²) in [6.07, 6.45) is 5.32. The Kier molecular flexibility index (Phi) is 3.69. The molecule has 6 rings (SSSR count). The first-order valence-electron chi connectivity index (χ1n) is 9.59. The highest BCUT2D eigenvalue weighted by Crippen LogP contribution is 2.33. The van der Waals surface area contributed by atoms with Crippen LogP contribution in [-0.4, -0.2) is 62.7 Å².